The molecule has 0 saturated heterocycles. The highest BCUT2D eigenvalue weighted by Gasteiger charge is 2.59. The molecule has 0 fully saturated rings. The van der Waals surface area contributed by atoms with E-state index in [1.165, 1.54) is 6.07 Å². The fourth-order valence-corrected chi connectivity index (χ4v) is 5.02. The first-order valence-electron chi connectivity index (χ1n) is 9.49. The van der Waals surface area contributed by atoms with Gasteiger partial charge in [-0.2, -0.15) is 0 Å². The van der Waals surface area contributed by atoms with Crippen molar-refractivity contribution in [2.24, 2.45) is 17.6 Å². The minimum Gasteiger partial charge on any atom is -0.511 e. The van der Waals surface area contributed by atoms with Crippen LogP contribution in [0, 0.1) is 11.8 Å². The Morgan fingerprint density at radius 3 is 2.43 bits per heavy atom. The lowest BCUT2D eigenvalue weighted by atomic mass is 9.60. The molecule has 1 amide bonds. The van der Waals surface area contributed by atoms with Crippen molar-refractivity contribution in [3.8, 4) is 5.75 Å². The summed E-state index contributed by atoms with van der Waals surface area (Å²) in [7, 11) is 3.60. The highest BCUT2D eigenvalue weighted by molar-refractivity contribution is 6.24. The number of ketones is 2. The minimum atomic E-state index is -2.54. The second-order valence-electron chi connectivity index (χ2n) is 8.26. The third-order valence-corrected chi connectivity index (χ3v) is 6.40. The monoisotopic (exact) mass is 414 g/mol. The number of aliphatic hydroxyl groups is 3. The van der Waals surface area contributed by atoms with Gasteiger partial charge in [0, 0.05) is 37.7 Å². The van der Waals surface area contributed by atoms with E-state index in [0.29, 0.717) is 5.56 Å². The third kappa shape index (κ3) is 2.41. The molecule has 1 aromatic rings. The number of aromatic hydroxyl groups is 1. The van der Waals surface area contributed by atoms with E-state index in [1.807, 2.05) is 0 Å². The van der Waals surface area contributed by atoms with Gasteiger partial charge in [-0.1, -0.05) is 0 Å². The highest BCUT2D eigenvalue weighted by atomic mass is 16.3. The summed E-state index contributed by atoms with van der Waals surface area (Å²) in [6.07, 6.45) is 0.164. The summed E-state index contributed by atoms with van der Waals surface area (Å²) in [4.78, 5) is 39.6. The number of phenols is 1. The molecule has 4 rings (SSSR count). The van der Waals surface area contributed by atoms with E-state index in [9.17, 15) is 34.8 Å². The van der Waals surface area contributed by atoms with Crippen LogP contribution in [0.2, 0.25) is 0 Å². The summed E-state index contributed by atoms with van der Waals surface area (Å²) in [5, 5.41) is 42.6. The summed E-state index contributed by atoms with van der Waals surface area (Å²) in [6, 6.07) is 3.06. The lowest BCUT2D eigenvalue weighted by molar-refractivity contribution is -0.144. The summed E-state index contributed by atoms with van der Waals surface area (Å²) in [6.45, 7) is 0. The van der Waals surface area contributed by atoms with Crippen molar-refractivity contribution in [1.29, 1.82) is 0 Å². The molecule has 9 nitrogen and oxygen atoms in total. The van der Waals surface area contributed by atoms with E-state index in [-0.39, 0.29) is 36.1 Å². The van der Waals surface area contributed by atoms with Gasteiger partial charge in [-0.3, -0.25) is 14.4 Å². The number of nitrogens with two attached hydrogens (primary N) is 1. The van der Waals surface area contributed by atoms with Crippen molar-refractivity contribution in [3.05, 3.63) is 45.9 Å². The molecule has 0 saturated carbocycles. The fourth-order valence-electron chi connectivity index (χ4n) is 5.02. The van der Waals surface area contributed by atoms with Crippen LogP contribution < -0.4 is 10.6 Å². The van der Waals surface area contributed by atoms with Gasteiger partial charge in [0.05, 0.1) is 5.56 Å². The number of allylic oxidation sites excluding steroid dienone is 2. The summed E-state index contributed by atoms with van der Waals surface area (Å²) in [5.41, 5.74) is 3.05. The number of aliphatic hydroxyl groups excluding tert-OH is 2. The molecule has 0 heterocycles. The van der Waals surface area contributed by atoms with Gasteiger partial charge in [-0.05, 0) is 36.5 Å². The van der Waals surface area contributed by atoms with Crippen molar-refractivity contribution in [3.63, 3.8) is 0 Å². The van der Waals surface area contributed by atoms with Crippen LogP contribution in [0.1, 0.15) is 28.8 Å². The van der Waals surface area contributed by atoms with Crippen LogP contribution in [0.5, 0.6) is 5.75 Å². The van der Waals surface area contributed by atoms with Crippen molar-refractivity contribution < 1.29 is 34.8 Å². The van der Waals surface area contributed by atoms with Gasteiger partial charge in [0.1, 0.15) is 22.8 Å². The molecule has 3 atom stereocenters. The van der Waals surface area contributed by atoms with E-state index in [2.05, 4.69) is 0 Å². The van der Waals surface area contributed by atoms with Crippen LogP contribution >= 0.6 is 0 Å². The molecular formula is C21H22N2O7. The number of primary amides is 1. The quantitative estimate of drug-likeness (QED) is 0.441. The first-order chi connectivity index (χ1) is 14.0. The van der Waals surface area contributed by atoms with Crippen LogP contribution in [0.4, 0.5) is 5.69 Å². The maximum Gasteiger partial charge on any atom is 0.255 e. The largest absolute Gasteiger partial charge is 0.511 e. The van der Waals surface area contributed by atoms with E-state index in [4.69, 9.17) is 5.73 Å². The lowest BCUT2D eigenvalue weighted by Gasteiger charge is -2.45. The molecule has 3 aliphatic carbocycles. The van der Waals surface area contributed by atoms with E-state index >= 15 is 0 Å². The van der Waals surface area contributed by atoms with Crippen molar-refractivity contribution in [2.75, 3.05) is 19.0 Å². The zero-order chi connectivity index (χ0) is 22.1. The Hall–Kier alpha value is -3.33. The maximum atomic E-state index is 13.3. The number of hydrogen-bond acceptors (Lipinski definition) is 8. The number of phenolic OH excluding ortho intramolecular Hbond substituents is 1. The number of rotatable bonds is 2. The minimum absolute atomic E-state index is 0.0119. The molecular weight excluding hydrogens is 392 g/mol. The van der Waals surface area contributed by atoms with Gasteiger partial charge in [-0.15, -0.1) is 0 Å². The summed E-state index contributed by atoms with van der Waals surface area (Å²) < 4.78 is 0. The normalized spacial score (nSPS) is 28.1. The van der Waals surface area contributed by atoms with Crippen molar-refractivity contribution in [2.45, 2.75) is 24.9 Å². The first-order valence-corrected chi connectivity index (χ1v) is 9.49. The number of carbonyl (C=O) groups excluding carboxylic acids is 3. The Labute approximate surface area is 171 Å². The highest BCUT2D eigenvalue weighted by Crippen LogP contribution is 2.52. The molecule has 6 N–H and O–H groups in total. The Morgan fingerprint density at radius 2 is 1.83 bits per heavy atom. The van der Waals surface area contributed by atoms with Gasteiger partial charge >= 0.3 is 0 Å². The van der Waals surface area contributed by atoms with Crippen molar-refractivity contribution in [1.82, 2.24) is 0 Å². The SMILES string of the molecule is CN(C)c1ccc(O)c2c1CC1CC3CC(O)=C(C(N)=O)C(=O)C3(O)C(O)=C1C2=O. The molecule has 30 heavy (non-hydrogen) atoms. The average molecular weight is 414 g/mol. The number of anilines is 1. The van der Waals surface area contributed by atoms with Gasteiger partial charge in [0.25, 0.3) is 5.91 Å². The predicted octanol–water partition coefficient (Wildman–Crippen LogP) is 0.647. The van der Waals surface area contributed by atoms with Gasteiger partial charge in [0.15, 0.2) is 11.4 Å². The van der Waals surface area contributed by atoms with Crippen LogP contribution in [0.3, 0.4) is 0 Å². The second-order valence-corrected chi connectivity index (χ2v) is 8.26. The Balaban J connectivity index is 1.92. The smallest absolute Gasteiger partial charge is 0.255 e. The second kappa shape index (κ2) is 6.33. The predicted molar refractivity (Wildman–Crippen MR) is 105 cm³/mol. The number of Topliss-reactive ketones (excluding diaryl/α,β-unsaturated/α-hetero) is 2. The fraction of sp³-hybridized carbons (Fsp3) is 0.381. The Kier molecular flexibility index (Phi) is 4.21. The summed E-state index contributed by atoms with van der Waals surface area (Å²) >= 11 is 0. The topological polar surface area (TPSA) is 161 Å². The van der Waals surface area contributed by atoms with Gasteiger partial charge < -0.3 is 31.1 Å². The van der Waals surface area contributed by atoms with Crippen LogP contribution in [0.15, 0.2) is 34.8 Å². The number of benzene rings is 1. The van der Waals surface area contributed by atoms with Crippen LogP contribution in [-0.2, 0) is 16.0 Å². The first kappa shape index (κ1) is 20.0. The van der Waals surface area contributed by atoms with Crippen LogP contribution in [0.25, 0.3) is 0 Å². The van der Waals surface area contributed by atoms with E-state index in [1.54, 1.807) is 25.1 Å². The number of fused-ring (bicyclic) bond motifs is 3. The standard InChI is InChI=1S/C21H22N2O7/c1-23(2)11-3-4-12(24)15-10(11)6-8-5-9-7-13(25)16(20(22)29)19(28)21(9,30)18(27)14(8)17(15)26/h3-4,8-9,24-25,27,30H,5-7H2,1-2H3,(H2,22,29). The number of hydrogen-bond donors (Lipinski definition) is 5. The zero-order valence-electron chi connectivity index (χ0n) is 16.5. The average Bonchev–Trinajstić information content (AvgIpc) is 2.64. The van der Waals surface area contributed by atoms with E-state index < -0.39 is 52.0 Å². The molecule has 0 aliphatic heterocycles. The molecule has 0 radical (unpaired) electrons. The van der Waals surface area contributed by atoms with E-state index in [0.717, 1.165) is 5.69 Å². The number of carbonyl (C=O) groups is 3. The Morgan fingerprint density at radius 1 is 1.17 bits per heavy atom. The van der Waals surface area contributed by atoms with Crippen molar-refractivity contribution >= 4 is 23.2 Å². The molecule has 1 aromatic carbocycles. The van der Waals surface area contributed by atoms with Crippen LogP contribution in [-0.4, -0.2) is 57.6 Å². The molecule has 0 spiro atoms. The molecule has 158 valence electrons. The molecule has 9 heteroatoms. The third-order valence-electron chi connectivity index (χ3n) is 6.40. The molecule has 0 aromatic heterocycles. The zero-order valence-corrected chi connectivity index (χ0v) is 16.5. The van der Waals surface area contributed by atoms with Gasteiger partial charge in [0.2, 0.25) is 5.78 Å². The molecule has 0 bridgehead atoms. The number of amides is 1. The maximum absolute atomic E-state index is 13.3. The number of nitrogens with zero attached hydrogens (tertiary/aromatic N) is 1. The van der Waals surface area contributed by atoms with Gasteiger partial charge in [-0.25, -0.2) is 0 Å². The Bertz CT molecular complexity index is 1090. The molecule has 3 unspecified atom stereocenters. The molecule has 3 aliphatic rings. The lowest BCUT2D eigenvalue weighted by Crippen LogP contribution is -2.57. The summed E-state index contributed by atoms with van der Waals surface area (Å²) in [5.74, 6) is -6.24.